The summed E-state index contributed by atoms with van der Waals surface area (Å²) in [5, 5.41) is 0. The Labute approximate surface area is 178 Å². The van der Waals surface area contributed by atoms with Crippen LogP contribution in [0.25, 0.3) is 11.0 Å². The number of fused-ring (bicyclic) bond motifs is 1. The highest BCUT2D eigenvalue weighted by Crippen LogP contribution is 2.30. The number of benzene rings is 2. The van der Waals surface area contributed by atoms with Crippen molar-refractivity contribution in [2.75, 3.05) is 19.1 Å². The first-order valence-electron chi connectivity index (χ1n) is 9.30. The van der Waals surface area contributed by atoms with E-state index in [2.05, 4.69) is 56.1 Å². The molecule has 4 aromatic rings. The van der Waals surface area contributed by atoms with Crippen molar-refractivity contribution < 1.29 is 9.47 Å². The van der Waals surface area contributed by atoms with Gasteiger partial charge in [-0.2, -0.15) is 0 Å². The van der Waals surface area contributed by atoms with Gasteiger partial charge in [-0.1, -0.05) is 24.3 Å². The van der Waals surface area contributed by atoms with Crippen LogP contribution in [0, 0.1) is 0 Å². The first-order valence-corrected chi connectivity index (χ1v) is 10.1. The van der Waals surface area contributed by atoms with Crippen molar-refractivity contribution in [2.24, 2.45) is 0 Å². The second-order valence-electron chi connectivity index (χ2n) is 6.76. The van der Waals surface area contributed by atoms with Gasteiger partial charge in [0.25, 0.3) is 0 Å². The maximum atomic E-state index is 5.29. The summed E-state index contributed by atoms with van der Waals surface area (Å²) in [6.07, 6.45) is 1.91. The lowest BCUT2D eigenvalue weighted by Crippen LogP contribution is -2.23. The molecule has 2 aromatic carbocycles. The van der Waals surface area contributed by atoms with E-state index >= 15 is 0 Å². The van der Waals surface area contributed by atoms with Crippen LogP contribution in [-0.2, 0) is 13.1 Å². The number of H-pyrrole nitrogens is 1. The first-order chi connectivity index (χ1) is 14.2. The molecule has 0 radical (unpaired) electrons. The Kier molecular flexibility index (Phi) is 5.71. The molecule has 0 atom stereocenters. The number of hydrogen-bond donors (Lipinski definition) is 1. The predicted octanol–water partition coefficient (Wildman–Crippen LogP) is 5.55. The molecule has 0 unspecified atom stereocenters. The summed E-state index contributed by atoms with van der Waals surface area (Å²) in [6, 6.07) is 20.3. The average Bonchev–Trinajstić information content (AvgIpc) is 3.21. The number of nitrogens with one attached hydrogen (secondary N) is 1. The van der Waals surface area contributed by atoms with Crippen LogP contribution in [0.15, 0.2) is 71.3 Å². The number of hydrogen-bond acceptors (Lipinski definition) is 4. The molecule has 0 saturated carbocycles. The molecule has 0 amide bonds. The Morgan fingerprint density at radius 3 is 1.93 bits per heavy atom. The molecule has 5 nitrogen and oxygen atoms in total. The molecule has 0 bridgehead atoms. The molecule has 0 aliphatic rings. The Morgan fingerprint density at radius 2 is 1.41 bits per heavy atom. The fourth-order valence-electron chi connectivity index (χ4n) is 3.28. The van der Waals surface area contributed by atoms with Crippen LogP contribution in [0.2, 0.25) is 0 Å². The Bertz CT molecular complexity index is 1040. The quantitative estimate of drug-likeness (QED) is 0.400. The normalized spacial score (nSPS) is 10.9. The Hall–Kier alpha value is -2.99. The number of ether oxygens (including phenoxy) is 2. The fourth-order valence-corrected chi connectivity index (χ4v) is 3.84. The summed E-state index contributed by atoms with van der Waals surface area (Å²) < 4.78 is 11.5. The van der Waals surface area contributed by atoms with Gasteiger partial charge in [-0.05, 0) is 63.5 Å². The third-order valence-electron chi connectivity index (χ3n) is 4.83. The van der Waals surface area contributed by atoms with Gasteiger partial charge in [0.2, 0.25) is 0 Å². The molecule has 6 heteroatoms. The lowest BCUT2D eigenvalue weighted by molar-refractivity contribution is 0.414. The maximum Gasteiger partial charge on any atom is 0.144 e. The van der Waals surface area contributed by atoms with E-state index < -0.39 is 0 Å². The third-order valence-corrected chi connectivity index (χ3v) is 5.42. The Balaban J connectivity index is 1.68. The number of halogens is 1. The predicted molar refractivity (Wildman–Crippen MR) is 120 cm³/mol. The lowest BCUT2D eigenvalue weighted by atomic mass is 10.1. The van der Waals surface area contributed by atoms with Crippen molar-refractivity contribution in [3.05, 3.63) is 82.5 Å². The smallest absolute Gasteiger partial charge is 0.144 e. The van der Waals surface area contributed by atoms with Gasteiger partial charge in [0, 0.05) is 19.3 Å². The van der Waals surface area contributed by atoms with Gasteiger partial charge >= 0.3 is 0 Å². The number of pyridine rings is 1. The summed E-state index contributed by atoms with van der Waals surface area (Å²) in [4.78, 5) is 10.4. The van der Waals surface area contributed by atoms with Crippen molar-refractivity contribution in [2.45, 2.75) is 13.1 Å². The van der Waals surface area contributed by atoms with Gasteiger partial charge in [-0.15, -0.1) is 0 Å². The molecular weight excluding hydrogens is 430 g/mol. The fraction of sp³-hybridized carbons (Fsp3) is 0.174. The van der Waals surface area contributed by atoms with Gasteiger partial charge in [0.15, 0.2) is 0 Å². The van der Waals surface area contributed by atoms with Crippen LogP contribution < -0.4 is 14.4 Å². The van der Waals surface area contributed by atoms with Crippen LogP contribution >= 0.6 is 15.9 Å². The van der Waals surface area contributed by atoms with Crippen LogP contribution in [0.5, 0.6) is 11.5 Å². The second kappa shape index (κ2) is 8.57. The molecule has 2 heterocycles. The van der Waals surface area contributed by atoms with E-state index in [1.54, 1.807) is 14.2 Å². The molecule has 0 aliphatic heterocycles. The summed E-state index contributed by atoms with van der Waals surface area (Å²) >= 11 is 3.71. The molecule has 0 spiro atoms. The monoisotopic (exact) mass is 451 g/mol. The highest BCUT2D eigenvalue weighted by molar-refractivity contribution is 9.10. The van der Waals surface area contributed by atoms with Crippen molar-refractivity contribution >= 4 is 32.8 Å². The second-order valence-corrected chi connectivity index (χ2v) is 7.61. The van der Waals surface area contributed by atoms with Gasteiger partial charge < -0.3 is 19.4 Å². The standard InChI is InChI=1S/C23H22BrN3O2/c1-28-18-7-3-16(4-8-18)14-27(15-17-5-9-19(29-2)10-6-17)23-20(24)13-22-21(26-23)11-12-25-22/h3-13,25H,14-15H2,1-2H3. The zero-order valence-electron chi connectivity index (χ0n) is 16.4. The van der Waals surface area contributed by atoms with Crippen LogP contribution in [0.4, 0.5) is 5.82 Å². The van der Waals surface area contributed by atoms with Gasteiger partial charge in [0.1, 0.15) is 17.3 Å². The zero-order valence-corrected chi connectivity index (χ0v) is 17.9. The minimum absolute atomic E-state index is 0.720. The van der Waals surface area contributed by atoms with Gasteiger partial charge in [0.05, 0.1) is 29.7 Å². The number of methoxy groups -OCH3 is 2. The van der Waals surface area contributed by atoms with Crippen LogP contribution in [0.3, 0.4) is 0 Å². The minimum Gasteiger partial charge on any atom is -0.497 e. The largest absolute Gasteiger partial charge is 0.497 e. The van der Waals surface area contributed by atoms with E-state index in [4.69, 9.17) is 14.5 Å². The van der Waals surface area contributed by atoms with Crippen molar-refractivity contribution in [1.82, 2.24) is 9.97 Å². The number of nitrogens with zero attached hydrogens (tertiary/aromatic N) is 2. The van der Waals surface area contributed by atoms with Crippen LogP contribution in [0.1, 0.15) is 11.1 Å². The Morgan fingerprint density at radius 1 is 0.862 bits per heavy atom. The van der Waals surface area contributed by atoms with E-state index in [1.165, 1.54) is 11.1 Å². The number of aromatic amines is 1. The van der Waals surface area contributed by atoms with E-state index in [1.807, 2.05) is 36.5 Å². The van der Waals surface area contributed by atoms with Crippen molar-refractivity contribution in [3.63, 3.8) is 0 Å². The van der Waals surface area contributed by atoms with E-state index in [-0.39, 0.29) is 0 Å². The molecule has 2 aromatic heterocycles. The molecular formula is C23H22BrN3O2. The molecule has 0 aliphatic carbocycles. The van der Waals surface area contributed by atoms with Gasteiger partial charge in [-0.25, -0.2) is 4.98 Å². The van der Waals surface area contributed by atoms with Crippen LogP contribution in [-0.4, -0.2) is 24.2 Å². The molecule has 0 fully saturated rings. The number of rotatable bonds is 7. The third kappa shape index (κ3) is 4.38. The van der Waals surface area contributed by atoms with Crippen molar-refractivity contribution in [1.29, 1.82) is 0 Å². The minimum atomic E-state index is 0.720. The summed E-state index contributed by atoms with van der Waals surface area (Å²) in [7, 11) is 3.36. The maximum absolute atomic E-state index is 5.29. The van der Waals surface area contributed by atoms with E-state index in [9.17, 15) is 0 Å². The molecule has 1 N–H and O–H groups in total. The average molecular weight is 452 g/mol. The lowest BCUT2D eigenvalue weighted by Gasteiger charge is -2.25. The van der Waals surface area contributed by atoms with E-state index in [0.29, 0.717) is 0 Å². The SMILES string of the molecule is COc1ccc(CN(Cc2ccc(OC)cc2)c2nc3cc[nH]c3cc2Br)cc1. The van der Waals surface area contributed by atoms with Gasteiger partial charge in [-0.3, -0.25) is 0 Å². The summed E-state index contributed by atoms with van der Waals surface area (Å²) in [5.74, 6) is 2.61. The highest BCUT2D eigenvalue weighted by atomic mass is 79.9. The number of anilines is 1. The summed E-state index contributed by atoms with van der Waals surface area (Å²) in [6.45, 7) is 1.44. The molecule has 29 heavy (non-hydrogen) atoms. The molecule has 0 saturated heterocycles. The topological polar surface area (TPSA) is 50.4 Å². The zero-order chi connectivity index (χ0) is 20.2. The molecule has 4 rings (SSSR count). The van der Waals surface area contributed by atoms with Crippen molar-refractivity contribution in [3.8, 4) is 11.5 Å². The number of aromatic nitrogens is 2. The highest BCUT2D eigenvalue weighted by Gasteiger charge is 2.15. The summed E-state index contributed by atoms with van der Waals surface area (Å²) in [5.41, 5.74) is 4.32. The van der Waals surface area contributed by atoms with E-state index in [0.717, 1.165) is 45.9 Å². The first kappa shape index (κ1) is 19.3. The molecule has 148 valence electrons.